The van der Waals surface area contributed by atoms with Crippen molar-refractivity contribution < 1.29 is 13.9 Å². The second-order valence-corrected chi connectivity index (χ2v) is 8.34. The smallest absolute Gasteiger partial charge is 0.240 e. The van der Waals surface area contributed by atoms with Gasteiger partial charge in [0.1, 0.15) is 11.4 Å². The van der Waals surface area contributed by atoms with E-state index in [1.54, 1.807) is 35.5 Å². The average molecular weight is 445 g/mol. The highest BCUT2D eigenvalue weighted by atomic mass is 19.1. The zero-order chi connectivity index (χ0) is 22.9. The Bertz CT molecular complexity index is 1340. The molecule has 1 amide bonds. The number of amides is 1. The summed E-state index contributed by atoms with van der Waals surface area (Å²) in [4.78, 5) is 26.1. The molecule has 33 heavy (non-hydrogen) atoms. The van der Waals surface area contributed by atoms with Crippen LogP contribution in [0.1, 0.15) is 22.3 Å². The largest absolute Gasteiger partial charge is 0.453 e. The highest BCUT2D eigenvalue weighted by Crippen LogP contribution is 2.32. The van der Waals surface area contributed by atoms with Crippen LogP contribution in [0.2, 0.25) is 0 Å². The Kier molecular flexibility index (Phi) is 5.51. The molecule has 0 fully saturated rings. The molecule has 8 heteroatoms. The molecule has 168 valence electrons. The van der Waals surface area contributed by atoms with Gasteiger partial charge in [0.05, 0.1) is 11.4 Å². The van der Waals surface area contributed by atoms with E-state index in [4.69, 9.17) is 10.5 Å². The van der Waals surface area contributed by atoms with Crippen LogP contribution >= 0.6 is 0 Å². The number of hydrogen-bond donors (Lipinski definition) is 2. The number of aromatic nitrogens is 3. The molecule has 3 aromatic heterocycles. The zero-order valence-corrected chi connectivity index (χ0v) is 18.2. The molecule has 1 aromatic carbocycles. The second kappa shape index (κ2) is 8.63. The number of H-pyrrole nitrogens is 1. The molecule has 3 N–H and O–H groups in total. The summed E-state index contributed by atoms with van der Waals surface area (Å²) >= 11 is 0. The Labute approximate surface area is 190 Å². The molecular weight excluding hydrogens is 421 g/mol. The van der Waals surface area contributed by atoms with E-state index in [0.717, 1.165) is 28.5 Å². The van der Waals surface area contributed by atoms with Gasteiger partial charge >= 0.3 is 0 Å². The number of carbonyl (C=O) groups excluding carboxylic acids is 1. The SMILES string of the molecule is Cc1c[nH]c2nccc(Oc3ccc(CC(N)C(=O)N4CCc5cnccc5C4)cc3F)c12. The summed E-state index contributed by atoms with van der Waals surface area (Å²) in [6.07, 6.45) is 8.02. The maximum absolute atomic E-state index is 14.8. The number of ether oxygens (including phenoxy) is 1. The first-order valence-electron chi connectivity index (χ1n) is 10.8. The van der Waals surface area contributed by atoms with E-state index in [1.165, 1.54) is 6.07 Å². The maximum Gasteiger partial charge on any atom is 0.240 e. The van der Waals surface area contributed by atoms with Gasteiger partial charge in [0.2, 0.25) is 5.91 Å². The molecule has 1 atom stereocenters. The van der Waals surface area contributed by atoms with Crippen molar-refractivity contribution in [2.75, 3.05) is 6.54 Å². The summed E-state index contributed by atoms with van der Waals surface area (Å²) < 4.78 is 20.7. The molecule has 4 aromatic rings. The van der Waals surface area contributed by atoms with E-state index in [1.807, 2.05) is 25.4 Å². The number of aryl methyl sites for hydroxylation is 1. The van der Waals surface area contributed by atoms with Crippen molar-refractivity contribution in [3.63, 3.8) is 0 Å². The predicted octanol–water partition coefficient (Wildman–Crippen LogP) is 3.65. The Morgan fingerprint density at radius 1 is 1.24 bits per heavy atom. The van der Waals surface area contributed by atoms with Crippen LogP contribution in [0.4, 0.5) is 4.39 Å². The zero-order valence-electron chi connectivity index (χ0n) is 18.2. The monoisotopic (exact) mass is 445 g/mol. The third kappa shape index (κ3) is 4.17. The van der Waals surface area contributed by atoms with Gasteiger partial charge in [0.25, 0.3) is 0 Å². The predicted molar refractivity (Wildman–Crippen MR) is 122 cm³/mol. The lowest BCUT2D eigenvalue weighted by molar-refractivity contribution is -0.133. The van der Waals surface area contributed by atoms with Crippen LogP contribution in [0.25, 0.3) is 11.0 Å². The van der Waals surface area contributed by atoms with Crippen LogP contribution in [0.15, 0.2) is 55.1 Å². The molecular formula is C25H24FN5O2. The van der Waals surface area contributed by atoms with Crippen molar-refractivity contribution in [1.82, 2.24) is 19.9 Å². The number of nitrogens with two attached hydrogens (primary N) is 1. The summed E-state index contributed by atoms with van der Waals surface area (Å²) in [5, 5.41) is 0.812. The third-order valence-corrected chi connectivity index (χ3v) is 6.05. The first-order chi connectivity index (χ1) is 16.0. The van der Waals surface area contributed by atoms with E-state index in [2.05, 4.69) is 15.0 Å². The fourth-order valence-electron chi connectivity index (χ4n) is 4.28. The van der Waals surface area contributed by atoms with E-state index in [0.29, 0.717) is 30.0 Å². The fraction of sp³-hybridized carbons (Fsp3) is 0.240. The number of hydrogen-bond acceptors (Lipinski definition) is 5. The number of pyridine rings is 2. The van der Waals surface area contributed by atoms with Gasteiger partial charge in [-0.15, -0.1) is 0 Å². The minimum Gasteiger partial charge on any atom is -0.453 e. The molecule has 7 nitrogen and oxygen atoms in total. The third-order valence-electron chi connectivity index (χ3n) is 6.05. The van der Waals surface area contributed by atoms with Crippen LogP contribution < -0.4 is 10.5 Å². The van der Waals surface area contributed by atoms with Crippen molar-refractivity contribution in [1.29, 1.82) is 0 Å². The number of nitrogens with one attached hydrogen (secondary N) is 1. The molecule has 0 bridgehead atoms. The fourth-order valence-corrected chi connectivity index (χ4v) is 4.28. The molecule has 5 rings (SSSR count). The van der Waals surface area contributed by atoms with E-state index in [9.17, 15) is 9.18 Å². The molecule has 0 aliphatic carbocycles. The molecule has 1 aliphatic heterocycles. The molecule has 0 saturated heterocycles. The minimum absolute atomic E-state index is 0.105. The summed E-state index contributed by atoms with van der Waals surface area (Å²) in [5.74, 6) is -0.0177. The molecule has 0 radical (unpaired) electrons. The van der Waals surface area contributed by atoms with Crippen molar-refractivity contribution in [2.45, 2.75) is 32.4 Å². The van der Waals surface area contributed by atoms with Crippen molar-refractivity contribution in [2.24, 2.45) is 5.73 Å². The first kappa shape index (κ1) is 21.1. The van der Waals surface area contributed by atoms with E-state index < -0.39 is 11.9 Å². The summed E-state index contributed by atoms with van der Waals surface area (Å²) in [6, 6.07) is 7.58. The van der Waals surface area contributed by atoms with Gasteiger partial charge < -0.3 is 20.4 Å². The molecule has 1 aliphatic rings. The molecule has 4 heterocycles. The highest BCUT2D eigenvalue weighted by Gasteiger charge is 2.25. The van der Waals surface area contributed by atoms with Gasteiger partial charge in [-0.25, -0.2) is 9.37 Å². The molecule has 0 saturated carbocycles. The van der Waals surface area contributed by atoms with Gasteiger partial charge in [-0.05, 0) is 66.3 Å². The van der Waals surface area contributed by atoms with E-state index >= 15 is 0 Å². The lowest BCUT2D eigenvalue weighted by Crippen LogP contribution is -2.46. The van der Waals surface area contributed by atoms with Crippen molar-refractivity contribution in [3.05, 3.63) is 83.2 Å². The number of halogens is 1. The minimum atomic E-state index is -0.748. The Hall–Kier alpha value is -3.78. The van der Waals surface area contributed by atoms with Gasteiger partial charge in [-0.2, -0.15) is 0 Å². The Balaban J connectivity index is 1.27. The lowest BCUT2D eigenvalue weighted by Gasteiger charge is -2.30. The molecule has 0 spiro atoms. The molecule has 1 unspecified atom stereocenters. The van der Waals surface area contributed by atoms with Crippen LogP contribution in [-0.4, -0.2) is 38.3 Å². The quantitative estimate of drug-likeness (QED) is 0.489. The van der Waals surface area contributed by atoms with Crippen LogP contribution in [0.3, 0.4) is 0 Å². The number of fused-ring (bicyclic) bond motifs is 2. The summed E-state index contributed by atoms with van der Waals surface area (Å²) in [7, 11) is 0. The lowest BCUT2D eigenvalue weighted by atomic mass is 10.00. The number of benzene rings is 1. The van der Waals surface area contributed by atoms with Gasteiger partial charge in [0.15, 0.2) is 11.6 Å². The Morgan fingerprint density at radius 3 is 2.97 bits per heavy atom. The van der Waals surface area contributed by atoms with E-state index in [-0.39, 0.29) is 18.1 Å². The van der Waals surface area contributed by atoms with Crippen molar-refractivity contribution in [3.8, 4) is 11.5 Å². The first-order valence-corrected chi connectivity index (χ1v) is 10.8. The maximum atomic E-state index is 14.8. The summed E-state index contributed by atoms with van der Waals surface area (Å²) in [5.41, 5.74) is 10.7. The summed E-state index contributed by atoms with van der Waals surface area (Å²) in [6.45, 7) is 3.05. The van der Waals surface area contributed by atoms with Crippen LogP contribution in [-0.2, 0) is 24.2 Å². The topological polar surface area (TPSA) is 97.1 Å². The van der Waals surface area contributed by atoms with Gasteiger partial charge in [-0.3, -0.25) is 9.78 Å². The van der Waals surface area contributed by atoms with Crippen LogP contribution in [0.5, 0.6) is 11.5 Å². The van der Waals surface area contributed by atoms with Crippen LogP contribution in [0, 0.1) is 12.7 Å². The number of rotatable bonds is 5. The average Bonchev–Trinajstić information content (AvgIpc) is 3.21. The number of nitrogens with zero attached hydrogens (tertiary/aromatic N) is 3. The normalized spacial score (nSPS) is 14.2. The Morgan fingerprint density at radius 2 is 2.12 bits per heavy atom. The van der Waals surface area contributed by atoms with Gasteiger partial charge in [-0.1, -0.05) is 6.07 Å². The van der Waals surface area contributed by atoms with Gasteiger partial charge in [0, 0.05) is 37.9 Å². The number of carbonyl (C=O) groups is 1. The second-order valence-electron chi connectivity index (χ2n) is 8.34. The standard InChI is InChI=1S/C25H24FN5O2/c1-15-12-30-24-23(15)22(5-8-29-24)33-21-3-2-16(10-19(21)26)11-20(27)25(32)31-9-6-17-13-28-7-4-18(17)14-31/h2-5,7-8,10,12-13,20H,6,9,11,14,27H2,1H3,(H,29,30). The number of aromatic amines is 1. The van der Waals surface area contributed by atoms with Crippen molar-refractivity contribution >= 4 is 16.9 Å². The highest BCUT2D eigenvalue weighted by molar-refractivity contribution is 5.86.